The molecule has 0 unspecified atom stereocenters. The zero-order valence-corrected chi connectivity index (χ0v) is 11.1. The third-order valence-electron chi connectivity index (χ3n) is 2.92. The van der Waals surface area contributed by atoms with E-state index in [-0.39, 0.29) is 9.79 Å². The molecule has 0 bridgehead atoms. The van der Waals surface area contributed by atoms with Crippen LogP contribution in [0.5, 0.6) is 0 Å². The van der Waals surface area contributed by atoms with Crippen LogP contribution < -0.4 is 5.56 Å². The summed E-state index contributed by atoms with van der Waals surface area (Å²) < 4.78 is 24.9. The standard InChI is InChI=1S/C14H10N2O3S/c17-14-12(9-10-5-4-8-15-13(10)16-14)20(18,19)11-6-2-1-3-7-11/h1-9H,(H,15,16,17). The van der Waals surface area contributed by atoms with Crippen LogP contribution in [0.3, 0.4) is 0 Å². The number of sulfone groups is 1. The number of aromatic nitrogens is 2. The number of fused-ring (bicyclic) bond motifs is 1. The van der Waals surface area contributed by atoms with Crippen LogP contribution in [0.2, 0.25) is 0 Å². The van der Waals surface area contributed by atoms with Crippen LogP contribution >= 0.6 is 0 Å². The summed E-state index contributed by atoms with van der Waals surface area (Å²) in [5.41, 5.74) is -0.301. The highest BCUT2D eigenvalue weighted by molar-refractivity contribution is 7.91. The van der Waals surface area contributed by atoms with Crippen LogP contribution in [0.1, 0.15) is 0 Å². The van der Waals surface area contributed by atoms with E-state index in [1.165, 1.54) is 24.4 Å². The number of nitrogens with one attached hydrogen (secondary N) is 1. The van der Waals surface area contributed by atoms with Gasteiger partial charge < -0.3 is 4.98 Å². The van der Waals surface area contributed by atoms with Crippen molar-refractivity contribution in [1.82, 2.24) is 9.97 Å². The molecule has 6 heteroatoms. The van der Waals surface area contributed by atoms with Crippen molar-refractivity contribution in [3.63, 3.8) is 0 Å². The molecule has 0 aliphatic heterocycles. The largest absolute Gasteiger partial charge is 0.305 e. The summed E-state index contributed by atoms with van der Waals surface area (Å²) in [7, 11) is -3.83. The number of hydrogen-bond donors (Lipinski definition) is 1. The highest BCUT2D eigenvalue weighted by Gasteiger charge is 2.21. The number of nitrogens with zero attached hydrogens (tertiary/aromatic N) is 1. The van der Waals surface area contributed by atoms with E-state index in [0.717, 1.165) is 0 Å². The van der Waals surface area contributed by atoms with Gasteiger partial charge in [0.1, 0.15) is 10.5 Å². The molecule has 1 N–H and O–H groups in total. The maximum absolute atomic E-state index is 12.5. The van der Waals surface area contributed by atoms with Crippen molar-refractivity contribution >= 4 is 20.9 Å². The van der Waals surface area contributed by atoms with Gasteiger partial charge in [-0.1, -0.05) is 18.2 Å². The molecule has 0 aliphatic carbocycles. The van der Waals surface area contributed by atoms with Gasteiger partial charge in [-0.05, 0) is 30.3 Å². The summed E-state index contributed by atoms with van der Waals surface area (Å²) in [6.45, 7) is 0. The van der Waals surface area contributed by atoms with Gasteiger partial charge in [-0.15, -0.1) is 0 Å². The van der Waals surface area contributed by atoms with Gasteiger partial charge in [0.05, 0.1) is 4.90 Å². The minimum Gasteiger partial charge on any atom is -0.305 e. The van der Waals surface area contributed by atoms with Gasteiger partial charge in [-0.2, -0.15) is 0 Å². The smallest absolute Gasteiger partial charge is 0.268 e. The Bertz CT molecular complexity index is 931. The zero-order chi connectivity index (χ0) is 14.2. The molecule has 0 aliphatic rings. The Balaban J connectivity index is 2.30. The average Bonchev–Trinajstić information content (AvgIpc) is 2.47. The lowest BCUT2D eigenvalue weighted by molar-refractivity contribution is 0.595. The van der Waals surface area contributed by atoms with Crippen molar-refractivity contribution in [2.45, 2.75) is 9.79 Å². The molecule has 0 atom stereocenters. The molecule has 5 nitrogen and oxygen atoms in total. The van der Waals surface area contributed by atoms with Gasteiger partial charge in [-0.3, -0.25) is 4.79 Å². The molecule has 2 heterocycles. The van der Waals surface area contributed by atoms with Crippen molar-refractivity contribution in [2.24, 2.45) is 0 Å². The van der Waals surface area contributed by atoms with Crippen LogP contribution in [0, 0.1) is 0 Å². The van der Waals surface area contributed by atoms with Gasteiger partial charge >= 0.3 is 0 Å². The lowest BCUT2D eigenvalue weighted by atomic mass is 10.3. The Morgan fingerprint density at radius 2 is 1.75 bits per heavy atom. The molecule has 2 aromatic heterocycles. The number of aromatic amines is 1. The number of pyridine rings is 2. The fraction of sp³-hybridized carbons (Fsp3) is 0. The minimum absolute atomic E-state index is 0.0914. The second-order valence-electron chi connectivity index (χ2n) is 4.22. The fourth-order valence-electron chi connectivity index (χ4n) is 1.94. The van der Waals surface area contributed by atoms with Gasteiger partial charge in [0.15, 0.2) is 0 Å². The van der Waals surface area contributed by atoms with Crippen molar-refractivity contribution < 1.29 is 8.42 Å². The summed E-state index contributed by atoms with van der Waals surface area (Å²) in [6.07, 6.45) is 1.53. The Kier molecular flexibility index (Phi) is 2.87. The first kappa shape index (κ1) is 12.6. The quantitative estimate of drug-likeness (QED) is 0.778. The molecule has 0 saturated carbocycles. The molecule has 0 spiro atoms. The average molecular weight is 286 g/mol. The second-order valence-corrected chi connectivity index (χ2v) is 6.14. The third-order valence-corrected chi connectivity index (χ3v) is 4.70. The van der Waals surface area contributed by atoms with E-state index in [4.69, 9.17) is 0 Å². The second kappa shape index (κ2) is 4.57. The van der Waals surface area contributed by atoms with E-state index < -0.39 is 15.4 Å². The van der Waals surface area contributed by atoms with Crippen molar-refractivity contribution in [3.05, 3.63) is 65.1 Å². The zero-order valence-electron chi connectivity index (χ0n) is 10.3. The Hall–Kier alpha value is -2.47. The van der Waals surface area contributed by atoms with E-state index in [0.29, 0.717) is 11.0 Å². The highest BCUT2D eigenvalue weighted by Crippen LogP contribution is 2.19. The van der Waals surface area contributed by atoms with E-state index in [1.54, 1.807) is 30.3 Å². The van der Waals surface area contributed by atoms with Gasteiger partial charge in [-0.25, -0.2) is 13.4 Å². The molecular weight excluding hydrogens is 276 g/mol. The van der Waals surface area contributed by atoms with Crippen molar-refractivity contribution in [3.8, 4) is 0 Å². The number of rotatable bonds is 2. The van der Waals surface area contributed by atoms with E-state index in [1.807, 2.05) is 0 Å². The van der Waals surface area contributed by atoms with Crippen LogP contribution in [-0.4, -0.2) is 18.4 Å². The van der Waals surface area contributed by atoms with Crippen LogP contribution in [0.4, 0.5) is 0 Å². The normalized spacial score (nSPS) is 11.6. The molecule has 1 aromatic carbocycles. The number of hydrogen-bond acceptors (Lipinski definition) is 4. The molecular formula is C14H10N2O3S. The monoisotopic (exact) mass is 286 g/mol. The molecule has 0 amide bonds. The summed E-state index contributed by atoms with van der Waals surface area (Å²) in [5, 5.41) is 0.571. The Labute approximate surface area is 114 Å². The first-order chi connectivity index (χ1) is 9.59. The van der Waals surface area contributed by atoms with E-state index in [9.17, 15) is 13.2 Å². The third kappa shape index (κ3) is 2.00. The predicted octanol–water partition coefficient (Wildman–Crippen LogP) is 1.76. The van der Waals surface area contributed by atoms with Crippen LogP contribution in [-0.2, 0) is 9.84 Å². The lowest BCUT2D eigenvalue weighted by Gasteiger charge is -2.04. The summed E-state index contributed by atoms with van der Waals surface area (Å²) >= 11 is 0. The fourth-order valence-corrected chi connectivity index (χ4v) is 3.29. The van der Waals surface area contributed by atoms with E-state index >= 15 is 0 Å². The molecule has 0 fully saturated rings. The Morgan fingerprint density at radius 1 is 1.00 bits per heavy atom. The van der Waals surface area contributed by atoms with Gasteiger partial charge in [0.2, 0.25) is 9.84 Å². The summed E-state index contributed by atoms with van der Waals surface area (Å²) in [4.78, 5) is 18.3. The predicted molar refractivity (Wildman–Crippen MR) is 74.3 cm³/mol. The van der Waals surface area contributed by atoms with E-state index in [2.05, 4.69) is 9.97 Å². The molecule has 3 rings (SSSR count). The first-order valence-electron chi connectivity index (χ1n) is 5.87. The van der Waals surface area contributed by atoms with Crippen molar-refractivity contribution in [2.75, 3.05) is 0 Å². The summed E-state index contributed by atoms with van der Waals surface area (Å²) in [5.74, 6) is 0. The van der Waals surface area contributed by atoms with Crippen molar-refractivity contribution in [1.29, 1.82) is 0 Å². The first-order valence-corrected chi connectivity index (χ1v) is 7.35. The maximum Gasteiger partial charge on any atom is 0.268 e. The maximum atomic E-state index is 12.5. The molecule has 100 valence electrons. The molecule has 3 aromatic rings. The number of H-pyrrole nitrogens is 1. The number of benzene rings is 1. The SMILES string of the molecule is O=c1[nH]c2ncccc2cc1S(=O)(=O)c1ccccc1. The Morgan fingerprint density at radius 3 is 2.50 bits per heavy atom. The topological polar surface area (TPSA) is 79.9 Å². The molecule has 0 saturated heterocycles. The van der Waals surface area contributed by atoms with Gasteiger partial charge in [0, 0.05) is 11.6 Å². The molecule has 20 heavy (non-hydrogen) atoms. The highest BCUT2D eigenvalue weighted by atomic mass is 32.2. The van der Waals surface area contributed by atoms with Crippen LogP contribution in [0.25, 0.3) is 11.0 Å². The lowest BCUT2D eigenvalue weighted by Crippen LogP contribution is -2.18. The van der Waals surface area contributed by atoms with Crippen LogP contribution in [0.15, 0.2) is 69.3 Å². The summed E-state index contributed by atoms with van der Waals surface area (Å²) in [6, 6.07) is 12.6. The van der Waals surface area contributed by atoms with Gasteiger partial charge in [0.25, 0.3) is 5.56 Å². The minimum atomic E-state index is -3.83. The molecule has 0 radical (unpaired) electrons.